The van der Waals surface area contributed by atoms with Crippen LogP contribution in [0.15, 0.2) is 0 Å². The Labute approximate surface area is 106 Å². The average Bonchev–Trinajstić information content (AvgIpc) is 2.73. The summed E-state index contributed by atoms with van der Waals surface area (Å²) in [7, 11) is 0. The molecule has 6 heteroatoms. The highest BCUT2D eigenvalue weighted by Crippen LogP contribution is 2.12. The molecule has 0 aliphatic rings. The maximum absolute atomic E-state index is 11.7. The Morgan fingerprint density at radius 1 is 1.41 bits per heavy atom. The minimum absolute atomic E-state index is 0.00746. The summed E-state index contributed by atoms with van der Waals surface area (Å²) in [6, 6.07) is -0.286. The van der Waals surface area contributed by atoms with Gasteiger partial charge in [0, 0.05) is 24.5 Å². The van der Waals surface area contributed by atoms with Crippen LogP contribution in [-0.2, 0) is 11.2 Å². The van der Waals surface area contributed by atoms with E-state index in [4.69, 9.17) is 0 Å². The molecule has 0 saturated heterocycles. The zero-order valence-corrected chi connectivity index (χ0v) is 11.6. The summed E-state index contributed by atoms with van der Waals surface area (Å²) in [5.74, 6) is 1.26. The first-order chi connectivity index (χ1) is 8.02. The summed E-state index contributed by atoms with van der Waals surface area (Å²) in [6.07, 6.45) is 0.812. The summed E-state index contributed by atoms with van der Waals surface area (Å²) in [4.78, 5) is 16.0. The highest BCUT2D eigenvalue weighted by molar-refractivity contribution is 7.09. The van der Waals surface area contributed by atoms with Gasteiger partial charge in [0.05, 0.1) is 0 Å². The van der Waals surface area contributed by atoms with Crippen molar-refractivity contribution in [2.75, 3.05) is 11.9 Å². The van der Waals surface area contributed by atoms with E-state index in [1.807, 2.05) is 13.8 Å². The van der Waals surface area contributed by atoms with Crippen molar-refractivity contribution < 1.29 is 4.79 Å². The van der Waals surface area contributed by atoms with E-state index in [1.165, 1.54) is 11.5 Å². The summed E-state index contributed by atoms with van der Waals surface area (Å²) in [5.41, 5.74) is 0. The van der Waals surface area contributed by atoms with Gasteiger partial charge in [-0.2, -0.15) is 4.37 Å². The molecule has 0 bridgehead atoms. The predicted octanol–water partition coefficient (Wildman–Crippen LogP) is 1.67. The number of rotatable bonds is 6. The highest BCUT2D eigenvalue weighted by atomic mass is 32.1. The lowest BCUT2D eigenvalue weighted by Gasteiger charge is -2.14. The van der Waals surface area contributed by atoms with Crippen LogP contribution in [-0.4, -0.2) is 27.9 Å². The third-order valence-electron chi connectivity index (χ3n) is 2.20. The van der Waals surface area contributed by atoms with Crippen molar-refractivity contribution in [3.63, 3.8) is 0 Å². The Morgan fingerprint density at radius 3 is 2.65 bits per heavy atom. The molecule has 0 aliphatic heterocycles. The summed E-state index contributed by atoms with van der Waals surface area (Å²) in [6.45, 7) is 8.65. The smallest absolute Gasteiger partial charge is 0.242 e. The number of anilines is 1. The number of aromatic nitrogens is 2. The minimum atomic E-state index is -0.286. The SMILES string of the molecule is CCc1nsc(NC(C)C(=O)NCC(C)C)n1. The fraction of sp³-hybridized carbons (Fsp3) is 0.727. The molecule has 1 unspecified atom stereocenters. The van der Waals surface area contributed by atoms with Crippen molar-refractivity contribution >= 4 is 22.6 Å². The fourth-order valence-electron chi connectivity index (χ4n) is 1.16. The Hall–Kier alpha value is -1.17. The van der Waals surface area contributed by atoms with E-state index in [9.17, 15) is 4.79 Å². The number of aryl methyl sites for hydroxylation is 1. The molecule has 96 valence electrons. The fourth-order valence-corrected chi connectivity index (χ4v) is 1.90. The Morgan fingerprint density at radius 2 is 2.12 bits per heavy atom. The molecule has 0 fully saturated rings. The largest absolute Gasteiger partial charge is 0.354 e. The molecule has 17 heavy (non-hydrogen) atoms. The van der Waals surface area contributed by atoms with Gasteiger partial charge in [-0.05, 0) is 12.8 Å². The van der Waals surface area contributed by atoms with E-state index in [-0.39, 0.29) is 11.9 Å². The monoisotopic (exact) mass is 256 g/mol. The molecule has 0 aromatic carbocycles. The molecule has 1 aromatic rings. The van der Waals surface area contributed by atoms with Crippen LogP contribution in [0.4, 0.5) is 5.13 Å². The topological polar surface area (TPSA) is 66.9 Å². The predicted molar refractivity (Wildman–Crippen MR) is 70.2 cm³/mol. The van der Waals surface area contributed by atoms with Crippen LogP contribution in [0.5, 0.6) is 0 Å². The minimum Gasteiger partial charge on any atom is -0.354 e. The van der Waals surface area contributed by atoms with Gasteiger partial charge in [0.25, 0.3) is 0 Å². The molecule has 1 rings (SSSR count). The van der Waals surface area contributed by atoms with E-state index in [0.29, 0.717) is 17.6 Å². The number of hydrogen-bond donors (Lipinski definition) is 2. The van der Waals surface area contributed by atoms with Crippen LogP contribution in [0, 0.1) is 5.92 Å². The molecule has 2 N–H and O–H groups in total. The van der Waals surface area contributed by atoms with E-state index >= 15 is 0 Å². The zero-order valence-electron chi connectivity index (χ0n) is 10.8. The molecule has 1 heterocycles. The lowest BCUT2D eigenvalue weighted by Crippen LogP contribution is -2.39. The lowest BCUT2D eigenvalue weighted by atomic mass is 10.2. The van der Waals surface area contributed by atoms with Crippen LogP contribution in [0.1, 0.15) is 33.5 Å². The van der Waals surface area contributed by atoms with Crippen molar-refractivity contribution in [3.8, 4) is 0 Å². The van der Waals surface area contributed by atoms with Gasteiger partial charge in [0.2, 0.25) is 11.0 Å². The second kappa shape index (κ2) is 6.54. The molecule has 1 aromatic heterocycles. The number of amides is 1. The highest BCUT2D eigenvalue weighted by Gasteiger charge is 2.14. The number of nitrogens with zero attached hydrogens (tertiary/aromatic N) is 2. The first kappa shape index (κ1) is 13.9. The van der Waals surface area contributed by atoms with E-state index < -0.39 is 0 Å². The number of nitrogens with one attached hydrogen (secondary N) is 2. The summed E-state index contributed by atoms with van der Waals surface area (Å²) < 4.78 is 4.16. The quantitative estimate of drug-likeness (QED) is 0.812. The standard InChI is InChI=1S/C11H20N4OS/c1-5-9-14-11(17-15-9)13-8(4)10(16)12-6-7(2)3/h7-8H,5-6H2,1-4H3,(H,12,16)(H,13,14,15). The van der Waals surface area contributed by atoms with Crippen molar-refractivity contribution in [1.29, 1.82) is 0 Å². The normalized spacial score (nSPS) is 12.5. The van der Waals surface area contributed by atoms with Crippen LogP contribution < -0.4 is 10.6 Å². The van der Waals surface area contributed by atoms with E-state index in [2.05, 4.69) is 33.8 Å². The number of carbonyl (C=O) groups excluding carboxylic acids is 1. The molecule has 5 nitrogen and oxygen atoms in total. The molecule has 1 amide bonds. The van der Waals surface area contributed by atoms with Crippen LogP contribution in [0.25, 0.3) is 0 Å². The number of hydrogen-bond acceptors (Lipinski definition) is 5. The number of carbonyl (C=O) groups is 1. The third kappa shape index (κ3) is 4.68. The van der Waals surface area contributed by atoms with Gasteiger partial charge < -0.3 is 10.6 Å². The van der Waals surface area contributed by atoms with Gasteiger partial charge in [0.15, 0.2) is 0 Å². The van der Waals surface area contributed by atoms with Gasteiger partial charge in [0.1, 0.15) is 11.9 Å². The lowest BCUT2D eigenvalue weighted by molar-refractivity contribution is -0.121. The van der Waals surface area contributed by atoms with Crippen LogP contribution in [0.3, 0.4) is 0 Å². The van der Waals surface area contributed by atoms with Gasteiger partial charge >= 0.3 is 0 Å². The first-order valence-electron chi connectivity index (χ1n) is 5.89. The van der Waals surface area contributed by atoms with Crippen molar-refractivity contribution in [3.05, 3.63) is 5.82 Å². The second-order valence-corrected chi connectivity index (χ2v) is 5.13. The zero-order chi connectivity index (χ0) is 12.8. The molecular weight excluding hydrogens is 236 g/mol. The molecule has 0 aliphatic carbocycles. The van der Waals surface area contributed by atoms with E-state index in [0.717, 1.165) is 12.2 Å². The second-order valence-electron chi connectivity index (χ2n) is 4.37. The third-order valence-corrected chi connectivity index (χ3v) is 2.89. The Bertz CT molecular complexity index is 364. The molecule has 0 radical (unpaired) electrons. The van der Waals surface area contributed by atoms with Gasteiger partial charge in [-0.1, -0.05) is 20.8 Å². The maximum Gasteiger partial charge on any atom is 0.242 e. The summed E-state index contributed by atoms with van der Waals surface area (Å²) in [5, 5.41) is 6.63. The maximum atomic E-state index is 11.7. The Kier molecular flexibility index (Phi) is 5.34. The Balaban J connectivity index is 2.42. The van der Waals surface area contributed by atoms with Gasteiger partial charge in [-0.15, -0.1) is 0 Å². The van der Waals surface area contributed by atoms with Gasteiger partial charge in [-0.3, -0.25) is 4.79 Å². The van der Waals surface area contributed by atoms with Crippen molar-refractivity contribution in [1.82, 2.24) is 14.7 Å². The summed E-state index contributed by atoms with van der Waals surface area (Å²) >= 11 is 1.29. The van der Waals surface area contributed by atoms with Gasteiger partial charge in [-0.25, -0.2) is 4.98 Å². The first-order valence-corrected chi connectivity index (χ1v) is 6.67. The molecule has 0 spiro atoms. The van der Waals surface area contributed by atoms with Crippen LogP contribution in [0.2, 0.25) is 0 Å². The molecule has 1 atom stereocenters. The average molecular weight is 256 g/mol. The molecular formula is C11H20N4OS. The molecule has 0 saturated carbocycles. The van der Waals surface area contributed by atoms with Crippen molar-refractivity contribution in [2.24, 2.45) is 5.92 Å². The van der Waals surface area contributed by atoms with E-state index in [1.54, 1.807) is 0 Å². The van der Waals surface area contributed by atoms with Crippen LogP contribution >= 0.6 is 11.5 Å². The van der Waals surface area contributed by atoms with Crippen molar-refractivity contribution in [2.45, 2.75) is 40.2 Å².